The molecule has 1 aliphatic rings. The number of carboxylic acids is 1. The van der Waals surface area contributed by atoms with Gasteiger partial charge in [-0.25, -0.2) is 0 Å². The fourth-order valence-electron chi connectivity index (χ4n) is 2.04. The predicted octanol–water partition coefficient (Wildman–Crippen LogP) is 1.92. The molecular weight excluding hydrogens is 262 g/mol. The Hall–Kier alpha value is -1.20. The lowest BCUT2D eigenvalue weighted by atomic mass is 10.1. The zero-order valence-corrected chi connectivity index (χ0v) is 11.6. The molecule has 0 amide bonds. The van der Waals surface area contributed by atoms with Crippen LogP contribution in [0.1, 0.15) is 18.4 Å². The maximum atomic E-state index is 10.7. The molecule has 0 spiro atoms. The van der Waals surface area contributed by atoms with Gasteiger partial charge in [0.1, 0.15) is 17.9 Å². The first-order valence-electron chi connectivity index (χ1n) is 6.47. The summed E-state index contributed by atoms with van der Waals surface area (Å²) < 4.78 is 5.89. The Kier molecular flexibility index (Phi) is 5.10. The molecule has 0 radical (unpaired) electrons. The number of benzene rings is 1. The first kappa shape index (κ1) is 14.2. The molecule has 1 saturated heterocycles. The van der Waals surface area contributed by atoms with Crippen molar-refractivity contribution < 1.29 is 14.6 Å². The minimum absolute atomic E-state index is 0.297. The van der Waals surface area contributed by atoms with Crippen LogP contribution in [-0.4, -0.2) is 34.7 Å². The van der Waals surface area contributed by atoms with Crippen molar-refractivity contribution in [3.05, 3.63) is 29.8 Å². The van der Waals surface area contributed by atoms with Crippen molar-refractivity contribution in [1.29, 1.82) is 0 Å². The zero-order chi connectivity index (χ0) is 13.7. The smallest absolute Gasteiger partial charge is 0.320 e. The van der Waals surface area contributed by atoms with Gasteiger partial charge in [-0.05, 0) is 42.7 Å². The van der Waals surface area contributed by atoms with Gasteiger partial charge in [-0.3, -0.25) is 4.79 Å². The highest BCUT2D eigenvalue weighted by Crippen LogP contribution is 2.23. The molecule has 2 unspecified atom stereocenters. The molecular formula is C14H19NO3S. The molecule has 0 saturated carbocycles. The first-order valence-corrected chi connectivity index (χ1v) is 7.62. The van der Waals surface area contributed by atoms with Crippen LogP contribution in [-0.2, 0) is 11.2 Å². The number of thioether (sulfide) groups is 1. The Morgan fingerprint density at radius 1 is 1.47 bits per heavy atom. The third-order valence-corrected chi connectivity index (χ3v) is 4.30. The topological polar surface area (TPSA) is 72.5 Å². The molecule has 1 aromatic rings. The minimum atomic E-state index is -0.973. The fraction of sp³-hybridized carbons (Fsp3) is 0.500. The maximum Gasteiger partial charge on any atom is 0.320 e. The van der Waals surface area contributed by atoms with Gasteiger partial charge < -0.3 is 15.6 Å². The summed E-state index contributed by atoms with van der Waals surface area (Å²) in [6.45, 7) is 0. The minimum Gasteiger partial charge on any atom is -0.490 e. The van der Waals surface area contributed by atoms with Crippen molar-refractivity contribution in [2.75, 3.05) is 11.5 Å². The van der Waals surface area contributed by atoms with Gasteiger partial charge in [-0.1, -0.05) is 12.1 Å². The van der Waals surface area contributed by atoms with Crippen LogP contribution >= 0.6 is 11.8 Å². The molecule has 2 rings (SSSR count). The number of hydrogen-bond acceptors (Lipinski definition) is 4. The number of ether oxygens (including phenoxy) is 1. The van der Waals surface area contributed by atoms with Crippen molar-refractivity contribution in [2.45, 2.75) is 31.4 Å². The van der Waals surface area contributed by atoms with Crippen LogP contribution in [0.3, 0.4) is 0 Å². The summed E-state index contributed by atoms with van der Waals surface area (Å²) in [5.41, 5.74) is 6.42. The van der Waals surface area contributed by atoms with Crippen LogP contribution in [0.25, 0.3) is 0 Å². The van der Waals surface area contributed by atoms with Gasteiger partial charge in [0.25, 0.3) is 0 Å². The van der Waals surface area contributed by atoms with Gasteiger partial charge in [0.2, 0.25) is 0 Å². The Morgan fingerprint density at radius 3 is 2.79 bits per heavy atom. The highest BCUT2D eigenvalue weighted by molar-refractivity contribution is 7.99. The average molecular weight is 281 g/mol. The molecule has 2 atom stereocenters. The van der Waals surface area contributed by atoms with Gasteiger partial charge in [-0.15, -0.1) is 0 Å². The number of hydrogen-bond donors (Lipinski definition) is 2. The lowest BCUT2D eigenvalue weighted by Crippen LogP contribution is -2.32. The van der Waals surface area contributed by atoms with Crippen LogP contribution in [0.5, 0.6) is 5.75 Å². The highest BCUT2D eigenvalue weighted by Gasteiger charge is 2.15. The standard InChI is InChI=1S/C14H19NO3S/c15-13(14(16)17)8-10-3-5-11(6-4-10)18-12-2-1-7-19-9-12/h3-6,12-13H,1-2,7-9,15H2,(H,16,17). The molecule has 0 bridgehead atoms. The number of rotatable bonds is 5. The highest BCUT2D eigenvalue weighted by atomic mass is 32.2. The van der Waals surface area contributed by atoms with E-state index in [9.17, 15) is 4.79 Å². The van der Waals surface area contributed by atoms with E-state index in [1.807, 2.05) is 36.0 Å². The van der Waals surface area contributed by atoms with Crippen LogP contribution in [0.4, 0.5) is 0 Å². The average Bonchev–Trinajstić information content (AvgIpc) is 2.42. The third kappa shape index (κ3) is 4.44. The Labute approximate surface area is 117 Å². The van der Waals surface area contributed by atoms with Gasteiger partial charge in [0, 0.05) is 5.75 Å². The predicted molar refractivity (Wildman–Crippen MR) is 76.7 cm³/mol. The summed E-state index contributed by atoms with van der Waals surface area (Å²) in [7, 11) is 0. The number of carboxylic acid groups (broad SMARTS) is 1. The molecule has 1 aliphatic heterocycles. The Balaban J connectivity index is 1.88. The van der Waals surface area contributed by atoms with E-state index in [2.05, 4.69) is 0 Å². The second-order valence-electron chi connectivity index (χ2n) is 4.75. The van der Waals surface area contributed by atoms with Crippen molar-refractivity contribution >= 4 is 17.7 Å². The van der Waals surface area contributed by atoms with Gasteiger partial charge in [0.15, 0.2) is 0 Å². The SMILES string of the molecule is NC(Cc1ccc(OC2CCCSC2)cc1)C(=O)O. The van der Waals surface area contributed by atoms with Gasteiger partial charge >= 0.3 is 5.97 Å². The lowest BCUT2D eigenvalue weighted by Gasteiger charge is -2.22. The Bertz CT molecular complexity index is 415. The van der Waals surface area contributed by atoms with E-state index in [4.69, 9.17) is 15.6 Å². The molecule has 3 N–H and O–H groups in total. The van der Waals surface area contributed by atoms with E-state index < -0.39 is 12.0 Å². The monoisotopic (exact) mass is 281 g/mol. The molecule has 0 aliphatic carbocycles. The second-order valence-corrected chi connectivity index (χ2v) is 5.90. The first-order chi connectivity index (χ1) is 9.15. The lowest BCUT2D eigenvalue weighted by molar-refractivity contribution is -0.138. The molecule has 19 heavy (non-hydrogen) atoms. The van der Waals surface area contributed by atoms with E-state index in [0.29, 0.717) is 12.5 Å². The maximum absolute atomic E-state index is 10.7. The molecule has 1 fully saturated rings. The van der Waals surface area contributed by atoms with Crippen LogP contribution in [0, 0.1) is 0 Å². The summed E-state index contributed by atoms with van der Waals surface area (Å²) in [4.78, 5) is 10.7. The summed E-state index contributed by atoms with van der Waals surface area (Å²) in [6, 6.07) is 6.70. The van der Waals surface area contributed by atoms with Crippen molar-refractivity contribution in [1.82, 2.24) is 0 Å². The summed E-state index contributed by atoms with van der Waals surface area (Å²) in [6.07, 6.45) is 2.96. The zero-order valence-electron chi connectivity index (χ0n) is 10.7. The van der Waals surface area contributed by atoms with Crippen molar-refractivity contribution in [3.63, 3.8) is 0 Å². The third-order valence-electron chi connectivity index (χ3n) is 3.12. The molecule has 4 nitrogen and oxygen atoms in total. The summed E-state index contributed by atoms with van der Waals surface area (Å²) in [5, 5.41) is 8.76. The van der Waals surface area contributed by atoms with Crippen LogP contribution in [0.15, 0.2) is 24.3 Å². The molecule has 1 aromatic carbocycles. The van der Waals surface area contributed by atoms with E-state index in [0.717, 1.165) is 23.5 Å². The second kappa shape index (κ2) is 6.82. The molecule has 5 heteroatoms. The quantitative estimate of drug-likeness (QED) is 0.862. The molecule has 104 valence electrons. The summed E-state index contributed by atoms with van der Waals surface area (Å²) >= 11 is 1.93. The van der Waals surface area contributed by atoms with Crippen molar-refractivity contribution in [3.8, 4) is 5.75 Å². The fourth-order valence-corrected chi connectivity index (χ4v) is 3.08. The summed E-state index contributed by atoms with van der Waals surface area (Å²) in [5.74, 6) is 2.15. The van der Waals surface area contributed by atoms with Crippen LogP contribution < -0.4 is 10.5 Å². The van der Waals surface area contributed by atoms with Gasteiger partial charge in [0.05, 0.1) is 0 Å². The Morgan fingerprint density at radius 2 is 2.21 bits per heavy atom. The molecule has 0 aromatic heterocycles. The number of aliphatic carboxylic acids is 1. The number of nitrogens with two attached hydrogens (primary N) is 1. The van der Waals surface area contributed by atoms with E-state index in [1.54, 1.807) is 0 Å². The van der Waals surface area contributed by atoms with E-state index in [-0.39, 0.29) is 0 Å². The van der Waals surface area contributed by atoms with E-state index in [1.165, 1.54) is 12.2 Å². The number of carbonyl (C=O) groups is 1. The van der Waals surface area contributed by atoms with Crippen molar-refractivity contribution in [2.24, 2.45) is 5.73 Å². The van der Waals surface area contributed by atoms with Gasteiger partial charge in [-0.2, -0.15) is 11.8 Å². The van der Waals surface area contributed by atoms with Crippen LogP contribution in [0.2, 0.25) is 0 Å². The normalized spacial score (nSPS) is 20.8. The van der Waals surface area contributed by atoms with E-state index >= 15 is 0 Å². The molecule has 1 heterocycles. The largest absolute Gasteiger partial charge is 0.490 e.